The summed E-state index contributed by atoms with van der Waals surface area (Å²) < 4.78 is 19.6. The lowest BCUT2D eigenvalue weighted by molar-refractivity contribution is 0.0950. The Labute approximate surface area is 209 Å². The molecule has 4 aromatic rings. The van der Waals surface area contributed by atoms with Crippen LogP contribution in [0.3, 0.4) is 0 Å². The van der Waals surface area contributed by atoms with Gasteiger partial charge in [-0.15, -0.1) is 0 Å². The smallest absolute Gasteiger partial charge is 0.251 e. The van der Waals surface area contributed by atoms with E-state index in [9.17, 15) is 9.18 Å². The monoisotopic (exact) mass is 482 g/mol. The van der Waals surface area contributed by atoms with E-state index in [0.29, 0.717) is 29.9 Å². The number of nitrogens with one attached hydrogen (secondary N) is 1. The molecule has 36 heavy (non-hydrogen) atoms. The Morgan fingerprint density at radius 3 is 2.47 bits per heavy atom. The largest absolute Gasteiger partial charge is 0.481 e. The minimum absolute atomic E-state index is 0.139. The molecule has 0 atom stereocenters. The quantitative estimate of drug-likeness (QED) is 0.371. The molecule has 6 nitrogen and oxygen atoms in total. The first kappa shape index (κ1) is 23.5. The summed E-state index contributed by atoms with van der Waals surface area (Å²) in [5, 5.41) is 3.01. The standard InChI is InChI=1S/C29H27FN4O2/c1-16-8-27(31)34-17(2)24(16)14-33-29(35)21-7-5-19-9-18-4-6-20(10-22(18)12-23(19)11-21)25-15-32-28(36-3)13-26(25)30/h4-8,10-11,13,15H,9,12,14H2,1-3H3,(H2,31,34)(H,33,35). The van der Waals surface area contributed by atoms with Crippen LogP contribution >= 0.6 is 0 Å². The van der Waals surface area contributed by atoms with Crippen LogP contribution in [0.2, 0.25) is 0 Å². The topological polar surface area (TPSA) is 90.1 Å². The number of anilines is 1. The van der Waals surface area contributed by atoms with Crippen molar-refractivity contribution in [2.45, 2.75) is 33.2 Å². The molecule has 3 N–H and O–H groups in total. The predicted octanol–water partition coefficient (Wildman–Crippen LogP) is 4.92. The van der Waals surface area contributed by atoms with E-state index in [2.05, 4.69) is 15.3 Å². The van der Waals surface area contributed by atoms with Gasteiger partial charge in [0.2, 0.25) is 5.88 Å². The summed E-state index contributed by atoms with van der Waals surface area (Å²) >= 11 is 0. The third kappa shape index (κ3) is 4.52. The van der Waals surface area contributed by atoms with Crippen LogP contribution in [0.15, 0.2) is 54.7 Å². The number of nitrogen functional groups attached to an aromatic ring is 1. The third-order valence-electron chi connectivity index (χ3n) is 6.78. The van der Waals surface area contributed by atoms with Crippen LogP contribution in [0.1, 0.15) is 49.4 Å². The van der Waals surface area contributed by atoms with E-state index in [-0.39, 0.29) is 17.6 Å². The summed E-state index contributed by atoms with van der Waals surface area (Å²) in [6.07, 6.45) is 2.94. The second-order valence-electron chi connectivity index (χ2n) is 9.14. The van der Waals surface area contributed by atoms with E-state index in [1.807, 2.05) is 56.3 Å². The highest BCUT2D eigenvalue weighted by Gasteiger charge is 2.19. The Morgan fingerprint density at radius 2 is 1.75 bits per heavy atom. The summed E-state index contributed by atoms with van der Waals surface area (Å²) in [4.78, 5) is 21.4. The van der Waals surface area contributed by atoms with E-state index < -0.39 is 0 Å². The molecule has 0 spiro atoms. The lowest BCUT2D eigenvalue weighted by Crippen LogP contribution is -2.24. The number of nitrogens with zero attached hydrogens (tertiary/aromatic N) is 2. The Kier molecular flexibility index (Phi) is 6.14. The van der Waals surface area contributed by atoms with E-state index >= 15 is 0 Å². The zero-order chi connectivity index (χ0) is 25.4. The van der Waals surface area contributed by atoms with Gasteiger partial charge in [-0.1, -0.05) is 24.3 Å². The fraction of sp³-hybridized carbons (Fsp3) is 0.207. The average Bonchev–Trinajstić information content (AvgIpc) is 2.86. The van der Waals surface area contributed by atoms with Gasteiger partial charge in [-0.2, -0.15) is 0 Å². The highest BCUT2D eigenvalue weighted by Crippen LogP contribution is 2.32. The number of aromatic nitrogens is 2. The van der Waals surface area contributed by atoms with Gasteiger partial charge in [0.1, 0.15) is 11.6 Å². The van der Waals surface area contributed by atoms with Crippen molar-refractivity contribution in [1.82, 2.24) is 15.3 Å². The molecule has 0 bridgehead atoms. The Morgan fingerprint density at radius 1 is 1.03 bits per heavy atom. The lowest BCUT2D eigenvalue weighted by Gasteiger charge is -2.21. The highest BCUT2D eigenvalue weighted by molar-refractivity contribution is 5.94. The molecule has 0 radical (unpaired) electrons. The van der Waals surface area contributed by atoms with Gasteiger partial charge < -0.3 is 15.8 Å². The maximum atomic E-state index is 14.6. The number of rotatable bonds is 5. The number of ether oxygens (including phenoxy) is 1. The lowest BCUT2D eigenvalue weighted by atomic mass is 9.84. The van der Waals surface area contributed by atoms with Gasteiger partial charge in [-0.3, -0.25) is 4.79 Å². The van der Waals surface area contributed by atoms with Gasteiger partial charge in [0.25, 0.3) is 5.91 Å². The minimum atomic E-state index is -0.376. The molecule has 5 rings (SSSR count). The summed E-state index contributed by atoms with van der Waals surface area (Å²) in [6, 6.07) is 14.9. The van der Waals surface area contributed by atoms with Crippen molar-refractivity contribution >= 4 is 11.7 Å². The minimum Gasteiger partial charge on any atom is -0.481 e. The molecule has 0 unspecified atom stereocenters. The Balaban J connectivity index is 1.35. The van der Waals surface area contributed by atoms with Crippen molar-refractivity contribution in [2.24, 2.45) is 0 Å². The Bertz CT molecular complexity index is 1480. The molecule has 2 aromatic carbocycles. The highest BCUT2D eigenvalue weighted by atomic mass is 19.1. The second kappa shape index (κ2) is 9.41. The molecule has 1 aliphatic carbocycles. The first-order chi connectivity index (χ1) is 17.3. The Hall–Kier alpha value is -4.26. The second-order valence-corrected chi connectivity index (χ2v) is 9.14. The molecule has 2 heterocycles. The van der Waals surface area contributed by atoms with Gasteiger partial charge >= 0.3 is 0 Å². The molecular formula is C29H27FN4O2. The molecule has 0 fully saturated rings. The van der Waals surface area contributed by atoms with Crippen LogP contribution in [-0.4, -0.2) is 23.0 Å². The molecular weight excluding hydrogens is 455 g/mol. The number of halogens is 1. The van der Waals surface area contributed by atoms with Crippen LogP contribution in [0.4, 0.5) is 10.2 Å². The van der Waals surface area contributed by atoms with E-state index in [1.165, 1.54) is 30.5 Å². The van der Waals surface area contributed by atoms with Gasteiger partial charge in [-0.25, -0.2) is 14.4 Å². The van der Waals surface area contributed by atoms with Crippen LogP contribution < -0.4 is 15.8 Å². The molecule has 0 saturated heterocycles. The number of amides is 1. The fourth-order valence-corrected chi connectivity index (χ4v) is 4.81. The number of hydrogen-bond donors (Lipinski definition) is 2. The van der Waals surface area contributed by atoms with Gasteiger partial charge in [0, 0.05) is 35.6 Å². The maximum Gasteiger partial charge on any atom is 0.251 e. The van der Waals surface area contributed by atoms with Crippen LogP contribution in [0, 0.1) is 19.7 Å². The van der Waals surface area contributed by atoms with E-state index in [4.69, 9.17) is 10.5 Å². The third-order valence-corrected chi connectivity index (χ3v) is 6.78. The summed E-state index contributed by atoms with van der Waals surface area (Å²) in [6.45, 7) is 4.24. The number of carbonyl (C=O) groups excluding carboxylic acids is 1. The summed E-state index contributed by atoms with van der Waals surface area (Å²) in [5.74, 6) is 0.203. The van der Waals surface area contributed by atoms with Crippen molar-refractivity contribution in [1.29, 1.82) is 0 Å². The van der Waals surface area contributed by atoms with Gasteiger partial charge in [0.15, 0.2) is 0 Å². The number of benzene rings is 2. The van der Waals surface area contributed by atoms with Gasteiger partial charge in [-0.05, 0) is 83.8 Å². The number of methoxy groups -OCH3 is 1. The average molecular weight is 483 g/mol. The zero-order valence-electron chi connectivity index (χ0n) is 20.5. The number of hydrogen-bond acceptors (Lipinski definition) is 5. The summed E-state index contributed by atoms with van der Waals surface area (Å²) in [7, 11) is 1.46. The molecule has 0 saturated carbocycles. The first-order valence-corrected chi connectivity index (χ1v) is 11.8. The molecule has 7 heteroatoms. The molecule has 1 amide bonds. The number of nitrogens with two attached hydrogens (primary N) is 1. The van der Waals surface area contributed by atoms with Crippen LogP contribution in [-0.2, 0) is 19.4 Å². The number of aryl methyl sites for hydroxylation is 2. The zero-order valence-corrected chi connectivity index (χ0v) is 20.5. The van der Waals surface area contributed by atoms with Gasteiger partial charge in [0.05, 0.1) is 7.11 Å². The SMILES string of the molecule is COc1cc(F)c(-c2ccc3c(c2)Cc2cc(C(=O)NCc4c(C)cc(N)nc4C)ccc2C3)cn1. The van der Waals surface area contributed by atoms with E-state index in [0.717, 1.165) is 39.9 Å². The predicted molar refractivity (Wildman–Crippen MR) is 138 cm³/mol. The fourth-order valence-electron chi connectivity index (χ4n) is 4.81. The molecule has 182 valence electrons. The summed E-state index contributed by atoms with van der Waals surface area (Å²) in [5.41, 5.74) is 15.0. The number of fused-ring (bicyclic) bond motifs is 2. The van der Waals surface area contributed by atoms with Crippen molar-refractivity contribution in [3.8, 4) is 17.0 Å². The van der Waals surface area contributed by atoms with Crippen molar-refractivity contribution in [3.63, 3.8) is 0 Å². The van der Waals surface area contributed by atoms with Crippen LogP contribution in [0.25, 0.3) is 11.1 Å². The first-order valence-electron chi connectivity index (χ1n) is 11.8. The normalized spacial score (nSPS) is 12.0. The molecule has 0 aliphatic heterocycles. The van der Waals surface area contributed by atoms with Crippen molar-refractivity contribution in [3.05, 3.63) is 105 Å². The molecule has 2 aromatic heterocycles. The van der Waals surface area contributed by atoms with E-state index in [1.54, 1.807) is 0 Å². The number of pyridine rings is 2. The van der Waals surface area contributed by atoms with Crippen molar-refractivity contribution in [2.75, 3.05) is 12.8 Å². The van der Waals surface area contributed by atoms with Crippen molar-refractivity contribution < 1.29 is 13.9 Å². The number of carbonyl (C=O) groups is 1. The molecule has 1 aliphatic rings. The maximum absolute atomic E-state index is 14.6. The van der Waals surface area contributed by atoms with Crippen LogP contribution in [0.5, 0.6) is 5.88 Å².